The van der Waals surface area contributed by atoms with Gasteiger partial charge in [-0.2, -0.15) is 0 Å². The molecule has 1 aliphatic rings. The molecule has 0 spiro atoms. The molecule has 1 aromatic carbocycles. The molecule has 1 saturated heterocycles. The molecule has 20 heavy (non-hydrogen) atoms. The zero-order chi connectivity index (χ0) is 14.2. The van der Waals surface area contributed by atoms with Gasteiger partial charge in [0, 0.05) is 38.8 Å². The van der Waals surface area contributed by atoms with Crippen LogP contribution in [0.4, 0.5) is 0 Å². The summed E-state index contributed by atoms with van der Waals surface area (Å²) in [4.78, 5) is 5.17. The molecule has 2 rings (SSSR count). The first kappa shape index (κ1) is 15.5. The minimum atomic E-state index is 0.609. The molecule has 1 aromatic rings. The fraction of sp³-hybridized carbons (Fsp3) is 0.647. The van der Waals surface area contributed by atoms with Gasteiger partial charge in [-0.25, -0.2) is 0 Å². The number of nitrogens with zero attached hydrogens (tertiary/aromatic N) is 2. The highest BCUT2D eigenvalue weighted by Gasteiger charge is 2.16. The summed E-state index contributed by atoms with van der Waals surface area (Å²) in [5, 5.41) is 3.49. The molecule has 0 amide bonds. The summed E-state index contributed by atoms with van der Waals surface area (Å²) in [6, 6.07) is 11.4. The van der Waals surface area contributed by atoms with Crippen LogP contribution in [0.5, 0.6) is 0 Å². The molecular weight excluding hydrogens is 246 g/mol. The van der Waals surface area contributed by atoms with Crippen molar-refractivity contribution in [1.82, 2.24) is 15.1 Å². The molecule has 0 saturated carbocycles. The summed E-state index contributed by atoms with van der Waals surface area (Å²) < 4.78 is 0. The summed E-state index contributed by atoms with van der Waals surface area (Å²) in [6.45, 7) is 12.7. The number of benzene rings is 1. The lowest BCUT2D eigenvalue weighted by molar-refractivity contribution is 0.126. The summed E-state index contributed by atoms with van der Waals surface area (Å²) in [5.74, 6) is 0. The number of hydrogen-bond donors (Lipinski definition) is 1. The van der Waals surface area contributed by atoms with Crippen LogP contribution < -0.4 is 5.32 Å². The first-order valence-electron chi connectivity index (χ1n) is 7.96. The lowest BCUT2D eigenvalue weighted by Crippen LogP contribution is -2.46. The van der Waals surface area contributed by atoms with E-state index in [1.807, 2.05) is 0 Å². The fourth-order valence-corrected chi connectivity index (χ4v) is 2.71. The van der Waals surface area contributed by atoms with Crippen molar-refractivity contribution in [3.63, 3.8) is 0 Å². The number of hydrogen-bond acceptors (Lipinski definition) is 3. The second-order valence-corrected chi connectivity index (χ2v) is 6.07. The van der Waals surface area contributed by atoms with Crippen molar-refractivity contribution < 1.29 is 0 Å². The maximum absolute atomic E-state index is 3.49. The van der Waals surface area contributed by atoms with E-state index >= 15 is 0 Å². The summed E-state index contributed by atoms with van der Waals surface area (Å²) >= 11 is 0. The largest absolute Gasteiger partial charge is 0.314 e. The molecule has 0 aromatic heterocycles. The van der Waals surface area contributed by atoms with Crippen LogP contribution in [-0.2, 0) is 6.54 Å². The Morgan fingerprint density at radius 2 is 1.65 bits per heavy atom. The number of piperazine rings is 1. The third-order valence-corrected chi connectivity index (χ3v) is 3.92. The Labute approximate surface area is 124 Å². The highest BCUT2D eigenvalue weighted by atomic mass is 15.3. The van der Waals surface area contributed by atoms with Gasteiger partial charge in [-0.05, 0) is 25.1 Å². The highest BCUT2D eigenvalue weighted by Crippen LogP contribution is 2.08. The van der Waals surface area contributed by atoms with Crippen molar-refractivity contribution in [2.45, 2.75) is 32.9 Å². The second-order valence-electron chi connectivity index (χ2n) is 6.07. The molecule has 112 valence electrons. The van der Waals surface area contributed by atoms with Crippen molar-refractivity contribution >= 4 is 0 Å². The van der Waals surface area contributed by atoms with Crippen LogP contribution >= 0.6 is 0 Å². The Kier molecular flexibility index (Phi) is 6.51. The third-order valence-electron chi connectivity index (χ3n) is 3.92. The van der Waals surface area contributed by atoms with E-state index in [0.29, 0.717) is 6.04 Å². The average Bonchev–Trinajstić information content (AvgIpc) is 2.46. The van der Waals surface area contributed by atoms with E-state index in [-0.39, 0.29) is 0 Å². The molecular formula is C17H29N3. The van der Waals surface area contributed by atoms with Gasteiger partial charge >= 0.3 is 0 Å². The molecule has 1 fully saturated rings. The molecule has 3 heteroatoms. The Balaban J connectivity index is 1.60. The van der Waals surface area contributed by atoms with Crippen LogP contribution in [-0.4, -0.2) is 55.1 Å². The van der Waals surface area contributed by atoms with Crippen molar-refractivity contribution in [2.24, 2.45) is 0 Å². The Morgan fingerprint density at radius 1 is 1.00 bits per heavy atom. The third kappa shape index (κ3) is 5.61. The van der Waals surface area contributed by atoms with Gasteiger partial charge in [0.25, 0.3) is 0 Å². The molecule has 0 atom stereocenters. The van der Waals surface area contributed by atoms with E-state index in [1.165, 1.54) is 44.7 Å². The van der Waals surface area contributed by atoms with E-state index in [4.69, 9.17) is 0 Å². The van der Waals surface area contributed by atoms with Gasteiger partial charge in [0.1, 0.15) is 0 Å². The minimum Gasteiger partial charge on any atom is -0.314 e. The zero-order valence-electron chi connectivity index (χ0n) is 13.0. The van der Waals surface area contributed by atoms with Gasteiger partial charge in [0.2, 0.25) is 0 Å². The van der Waals surface area contributed by atoms with Gasteiger partial charge in [-0.15, -0.1) is 0 Å². The van der Waals surface area contributed by atoms with Crippen molar-refractivity contribution in [2.75, 3.05) is 39.3 Å². The maximum Gasteiger partial charge on any atom is 0.0234 e. The second kappa shape index (κ2) is 8.40. The van der Waals surface area contributed by atoms with Crippen molar-refractivity contribution in [1.29, 1.82) is 0 Å². The minimum absolute atomic E-state index is 0.609. The van der Waals surface area contributed by atoms with Crippen molar-refractivity contribution in [3.8, 4) is 0 Å². The summed E-state index contributed by atoms with van der Waals surface area (Å²) in [7, 11) is 0. The Morgan fingerprint density at radius 3 is 2.30 bits per heavy atom. The van der Waals surface area contributed by atoms with Gasteiger partial charge in [-0.3, -0.25) is 4.90 Å². The normalized spacial score (nSPS) is 17.8. The van der Waals surface area contributed by atoms with Crippen LogP contribution in [0.25, 0.3) is 0 Å². The van der Waals surface area contributed by atoms with E-state index in [0.717, 1.165) is 13.1 Å². The first-order chi connectivity index (χ1) is 9.74. The zero-order valence-corrected chi connectivity index (χ0v) is 13.0. The molecule has 0 bridgehead atoms. The van der Waals surface area contributed by atoms with Gasteiger partial charge in [0.05, 0.1) is 0 Å². The predicted octanol–water partition coefficient (Wildman–Crippen LogP) is 2.19. The summed E-state index contributed by atoms with van der Waals surface area (Å²) in [5.41, 5.74) is 1.43. The number of rotatable bonds is 7. The van der Waals surface area contributed by atoms with Gasteiger partial charge < -0.3 is 10.2 Å². The van der Waals surface area contributed by atoms with Gasteiger partial charge in [0.15, 0.2) is 0 Å². The smallest absolute Gasteiger partial charge is 0.0234 e. The van der Waals surface area contributed by atoms with Crippen LogP contribution in [0, 0.1) is 0 Å². The predicted molar refractivity (Wildman–Crippen MR) is 85.9 cm³/mol. The van der Waals surface area contributed by atoms with E-state index in [2.05, 4.69) is 59.3 Å². The lowest BCUT2D eigenvalue weighted by atomic mass is 10.2. The first-order valence-corrected chi connectivity index (χ1v) is 7.96. The SMILES string of the molecule is CC(C)NCCCN1CCN(Cc2ccccc2)CC1. The molecule has 0 radical (unpaired) electrons. The van der Waals surface area contributed by atoms with Crippen LogP contribution in [0.3, 0.4) is 0 Å². The summed E-state index contributed by atoms with van der Waals surface area (Å²) in [6.07, 6.45) is 1.26. The standard InChI is InChI=1S/C17H29N3/c1-16(2)18-9-6-10-19-11-13-20(14-12-19)15-17-7-4-3-5-8-17/h3-5,7-8,16,18H,6,9-15H2,1-2H3. The molecule has 1 heterocycles. The highest BCUT2D eigenvalue weighted by molar-refractivity contribution is 5.14. The van der Waals surface area contributed by atoms with Crippen LogP contribution in [0.1, 0.15) is 25.8 Å². The fourth-order valence-electron chi connectivity index (χ4n) is 2.71. The Hall–Kier alpha value is -0.900. The lowest BCUT2D eigenvalue weighted by Gasteiger charge is -2.34. The molecule has 0 unspecified atom stereocenters. The molecule has 3 nitrogen and oxygen atoms in total. The monoisotopic (exact) mass is 275 g/mol. The van der Waals surface area contributed by atoms with E-state index in [9.17, 15) is 0 Å². The van der Waals surface area contributed by atoms with Crippen LogP contribution in [0.2, 0.25) is 0 Å². The van der Waals surface area contributed by atoms with E-state index < -0.39 is 0 Å². The van der Waals surface area contributed by atoms with E-state index in [1.54, 1.807) is 0 Å². The molecule has 0 aliphatic carbocycles. The molecule has 1 N–H and O–H groups in total. The van der Waals surface area contributed by atoms with Crippen molar-refractivity contribution in [3.05, 3.63) is 35.9 Å². The molecule has 1 aliphatic heterocycles. The van der Waals surface area contributed by atoms with Gasteiger partial charge in [-0.1, -0.05) is 44.2 Å². The number of nitrogens with one attached hydrogen (secondary N) is 1. The maximum atomic E-state index is 3.49. The average molecular weight is 275 g/mol. The Bertz CT molecular complexity index is 356. The van der Waals surface area contributed by atoms with Crippen LogP contribution in [0.15, 0.2) is 30.3 Å². The quantitative estimate of drug-likeness (QED) is 0.770. The topological polar surface area (TPSA) is 18.5 Å².